The maximum Gasteiger partial charge on any atom is 0.326 e. The zero-order valence-corrected chi connectivity index (χ0v) is 23.3. The van der Waals surface area contributed by atoms with Crippen LogP contribution in [0.2, 0.25) is 0 Å². The van der Waals surface area contributed by atoms with Gasteiger partial charge in [0.2, 0.25) is 0 Å². The summed E-state index contributed by atoms with van der Waals surface area (Å²) in [4.78, 5) is 23.9. The smallest absolute Gasteiger partial charge is 0.326 e. The van der Waals surface area contributed by atoms with Crippen LogP contribution in [0, 0.1) is 11.3 Å². The summed E-state index contributed by atoms with van der Waals surface area (Å²) >= 11 is 0. The van der Waals surface area contributed by atoms with Gasteiger partial charge in [0.05, 0.1) is 23.1 Å². The molecule has 0 aliphatic rings. The van der Waals surface area contributed by atoms with Crippen LogP contribution in [0.5, 0.6) is 0 Å². The van der Waals surface area contributed by atoms with Crippen LogP contribution in [0.1, 0.15) is 43.7 Å². The Balaban J connectivity index is 1.50. The third-order valence-corrected chi connectivity index (χ3v) is 6.33. The minimum atomic E-state index is -0.175. The van der Waals surface area contributed by atoms with Crippen molar-refractivity contribution < 1.29 is 4.79 Å². The summed E-state index contributed by atoms with van der Waals surface area (Å²) in [6.45, 7) is 3.24. The third kappa shape index (κ3) is 8.94. The molecule has 0 aliphatic carbocycles. The maximum absolute atomic E-state index is 13.7. The lowest BCUT2D eigenvalue weighted by molar-refractivity contribution is 0.247. The van der Waals surface area contributed by atoms with Crippen molar-refractivity contribution >= 4 is 28.9 Å². The molecule has 8 nitrogen and oxygen atoms in total. The van der Waals surface area contributed by atoms with Gasteiger partial charge in [0, 0.05) is 36.9 Å². The van der Waals surface area contributed by atoms with Gasteiger partial charge in [0.25, 0.3) is 0 Å². The molecule has 0 saturated heterocycles. The van der Waals surface area contributed by atoms with E-state index in [4.69, 9.17) is 5.26 Å². The summed E-state index contributed by atoms with van der Waals surface area (Å²) in [5.41, 5.74) is 5.10. The third-order valence-electron chi connectivity index (χ3n) is 6.33. The lowest BCUT2D eigenvalue weighted by Crippen LogP contribution is -2.39. The van der Waals surface area contributed by atoms with Gasteiger partial charge in [-0.3, -0.25) is 9.88 Å². The normalized spacial score (nSPS) is 10.9. The maximum atomic E-state index is 13.7. The first-order valence-corrected chi connectivity index (χ1v) is 13.8. The largest absolute Gasteiger partial charge is 0.370 e. The summed E-state index contributed by atoms with van der Waals surface area (Å²) in [5, 5.41) is 18.8. The second-order valence-electron chi connectivity index (χ2n) is 9.45. The van der Waals surface area contributed by atoms with E-state index in [2.05, 4.69) is 45.0 Å². The first-order chi connectivity index (χ1) is 20.2. The van der Waals surface area contributed by atoms with E-state index in [9.17, 15) is 4.79 Å². The van der Waals surface area contributed by atoms with Crippen LogP contribution >= 0.6 is 0 Å². The van der Waals surface area contributed by atoms with Crippen molar-refractivity contribution in [2.75, 3.05) is 22.1 Å². The number of pyridine rings is 2. The molecule has 2 amide bonds. The molecule has 41 heavy (non-hydrogen) atoms. The molecule has 4 rings (SSSR count). The van der Waals surface area contributed by atoms with Crippen LogP contribution in [0.15, 0.2) is 109 Å². The first kappa shape index (κ1) is 28.8. The summed E-state index contributed by atoms with van der Waals surface area (Å²) in [7, 11) is 0. The molecule has 0 bridgehead atoms. The molecule has 4 aromatic rings. The van der Waals surface area contributed by atoms with Crippen LogP contribution in [0.4, 0.5) is 27.7 Å². The van der Waals surface area contributed by atoms with Crippen molar-refractivity contribution in [3.63, 3.8) is 0 Å². The van der Waals surface area contributed by atoms with E-state index < -0.39 is 0 Å². The van der Waals surface area contributed by atoms with E-state index in [1.54, 1.807) is 35.6 Å². The zero-order chi connectivity index (χ0) is 28.7. The number of hydrogen-bond donors (Lipinski definition) is 3. The van der Waals surface area contributed by atoms with Gasteiger partial charge >= 0.3 is 6.03 Å². The molecule has 0 unspecified atom stereocenters. The molecule has 208 valence electrons. The number of nitriles is 1. The number of unbranched alkanes of at least 4 members (excludes halogenated alkanes) is 1. The standard InChI is InChI=1S/C33H35N7O/c1-2-3-12-30(13-8-21-36-32-19-14-27(22-34)24-37-32)40(33(41)38-23-26-9-5-4-6-10-26)31-17-15-28(16-18-31)39-29-11-7-20-35-25-29/h4-7,9-12,14-20,24-25,39H,2-3,8,13,21,23H2,1H3,(H,36,37)(H,38,41)/b30-12+. The Labute approximate surface area is 241 Å². The quantitative estimate of drug-likeness (QED) is 0.151. The summed E-state index contributed by atoms with van der Waals surface area (Å²) in [6.07, 6.45) is 10.5. The Hall–Kier alpha value is -5.16. The van der Waals surface area contributed by atoms with E-state index in [-0.39, 0.29) is 6.03 Å². The molecule has 2 aromatic heterocycles. The fraction of sp³-hybridized carbons (Fsp3) is 0.212. The van der Waals surface area contributed by atoms with Gasteiger partial charge in [0.15, 0.2) is 0 Å². The highest BCUT2D eigenvalue weighted by molar-refractivity contribution is 5.95. The van der Waals surface area contributed by atoms with E-state index in [0.717, 1.165) is 53.4 Å². The van der Waals surface area contributed by atoms with Crippen molar-refractivity contribution in [1.82, 2.24) is 15.3 Å². The summed E-state index contributed by atoms with van der Waals surface area (Å²) < 4.78 is 0. The van der Waals surface area contributed by atoms with Crippen molar-refractivity contribution in [3.8, 4) is 6.07 Å². The van der Waals surface area contributed by atoms with Crippen LogP contribution in [-0.4, -0.2) is 22.5 Å². The molecule has 0 fully saturated rings. The SMILES string of the molecule is CCC/C=C(\CCCNc1ccc(C#N)cn1)N(C(=O)NCc1ccccc1)c1ccc(Nc2cccnc2)cc1. The molecule has 3 N–H and O–H groups in total. The minimum Gasteiger partial charge on any atom is -0.370 e. The van der Waals surface area contributed by atoms with Gasteiger partial charge in [-0.1, -0.05) is 49.8 Å². The van der Waals surface area contributed by atoms with Crippen molar-refractivity contribution in [2.45, 2.75) is 39.2 Å². The second-order valence-corrected chi connectivity index (χ2v) is 9.45. The average Bonchev–Trinajstić information content (AvgIpc) is 3.02. The number of anilines is 4. The molecular formula is C33H35N7O. The highest BCUT2D eigenvalue weighted by Gasteiger charge is 2.20. The first-order valence-electron chi connectivity index (χ1n) is 13.8. The van der Waals surface area contributed by atoms with Gasteiger partial charge in [-0.05, 0) is 73.4 Å². The molecule has 2 heterocycles. The van der Waals surface area contributed by atoms with E-state index in [1.807, 2.05) is 66.7 Å². The number of hydrogen-bond acceptors (Lipinski definition) is 6. The monoisotopic (exact) mass is 545 g/mol. The van der Waals surface area contributed by atoms with Crippen LogP contribution in [0.3, 0.4) is 0 Å². The van der Waals surface area contributed by atoms with E-state index in [0.29, 0.717) is 25.1 Å². The second kappa shape index (κ2) is 15.4. The fourth-order valence-electron chi connectivity index (χ4n) is 4.23. The van der Waals surface area contributed by atoms with Crippen molar-refractivity contribution in [2.24, 2.45) is 0 Å². The van der Waals surface area contributed by atoms with Crippen molar-refractivity contribution in [1.29, 1.82) is 5.26 Å². The molecule has 0 atom stereocenters. The van der Waals surface area contributed by atoms with Crippen LogP contribution in [-0.2, 0) is 6.54 Å². The molecule has 8 heteroatoms. The molecule has 2 aromatic carbocycles. The average molecular weight is 546 g/mol. The number of carbonyl (C=O) groups is 1. The Morgan fingerprint density at radius 2 is 1.80 bits per heavy atom. The number of carbonyl (C=O) groups excluding carboxylic acids is 1. The van der Waals surface area contributed by atoms with Gasteiger partial charge in [-0.15, -0.1) is 0 Å². The Morgan fingerprint density at radius 1 is 0.976 bits per heavy atom. The number of nitrogens with zero attached hydrogens (tertiary/aromatic N) is 4. The predicted octanol–water partition coefficient (Wildman–Crippen LogP) is 7.38. The van der Waals surface area contributed by atoms with Gasteiger partial charge in [0.1, 0.15) is 11.9 Å². The fourth-order valence-corrected chi connectivity index (χ4v) is 4.23. The Morgan fingerprint density at radius 3 is 2.49 bits per heavy atom. The van der Waals surface area contributed by atoms with Crippen LogP contribution < -0.4 is 20.9 Å². The number of benzene rings is 2. The lowest BCUT2D eigenvalue weighted by Gasteiger charge is -2.27. The van der Waals surface area contributed by atoms with Gasteiger partial charge in [-0.2, -0.15) is 5.26 Å². The predicted molar refractivity (Wildman–Crippen MR) is 165 cm³/mol. The lowest BCUT2D eigenvalue weighted by atomic mass is 10.1. The number of urea groups is 1. The zero-order valence-electron chi connectivity index (χ0n) is 23.3. The Bertz CT molecular complexity index is 1430. The molecule has 0 radical (unpaired) electrons. The number of aromatic nitrogens is 2. The summed E-state index contributed by atoms with van der Waals surface area (Å²) in [6, 6.07) is 27.0. The van der Waals surface area contributed by atoms with E-state index >= 15 is 0 Å². The van der Waals surface area contributed by atoms with Crippen LogP contribution in [0.25, 0.3) is 0 Å². The minimum absolute atomic E-state index is 0.175. The van der Waals surface area contributed by atoms with Gasteiger partial charge < -0.3 is 16.0 Å². The highest BCUT2D eigenvalue weighted by atomic mass is 16.2. The highest BCUT2D eigenvalue weighted by Crippen LogP contribution is 2.26. The summed E-state index contributed by atoms with van der Waals surface area (Å²) in [5.74, 6) is 0.720. The topological polar surface area (TPSA) is 106 Å². The van der Waals surface area contributed by atoms with E-state index in [1.165, 1.54) is 0 Å². The number of rotatable bonds is 13. The molecule has 0 saturated carbocycles. The molecule has 0 aliphatic heterocycles. The Kier molecular flexibility index (Phi) is 10.9. The number of nitrogens with one attached hydrogen (secondary N) is 3. The number of amides is 2. The van der Waals surface area contributed by atoms with Crippen molar-refractivity contribution in [3.05, 3.63) is 120 Å². The van der Waals surface area contributed by atoms with Gasteiger partial charge in [-0.25, -0.2) is 9.78 Å². The number of allylic oxidation sites excluding steroid dienone is 2. The molecular weight excluding hydrogens is 510 g/mol. The molecule has 0 spiro atoms.